The van der Waals surface area contributed by atoms with Crippen LogP contribution in [0.3, 0.4) is 0 Å². The van der Waals surface area contributed by atoms with E-state index in [2.05, 4.69) is 163 Å². The largest absolute Gasteiger partial charge is 0.373 e. The topological polar surface area (TPSA) is 9.86 Å². The smallest absolute Gasteiger partial charge is 0.169 e. The first-order chi connectivity index (χ1) is 20.3. The lowest BCUT2D eigenvalue weighted by molar-refractivity contribution is 0.773. The molecule has 0 aliphatic carbocycles. The Morgan fingerprint density at radius 2 is 0.744 bits per heavy atom. The molecular weight excluding hydrogens is 573 g/mol. The number of aromatic nitrogens is 2. The van der Waals surface area contributed by atoms with Crippen molar-refractivity contribution in [2.45, 2.75) is 116 Å². The van der Waals surface area contributed by atoms with Gasteiger partial charge in [0.2, 0.25) is 0 Å². The van der Waals surface area contributed by atoms with Gasteiger partial charge in [-0.1, -0.05) is 119 Å². The molecule has 0 saturated carbocycles. The molecule has 2 aromatic carbocycles. The summed E-state index contributed by atoms with van der Waals surface area (Å²) in [6.07, 6.45) is 5.13. The quantitative estimate of drug-likeness (QED) is 0.136. The van der Waals surface area contributed by atoms with Crippen LogP contribution >= 0.6 is 11.3 Å². The number of thiophene rings is 1. The molecule has 0 aliphatic heterocycles. The molecule has 0 spiro atoms. The molecule has 3 heterocycles. The Morgan fingerprint density at radius 3 is 1.05 bits per heavy atom. The van der Waals surface area contributed by atoms with E-state index in [0.717, 1.165) is 0 Å². The third-order valence-corrected chi connectivity index (χ3v) is 25.3. The van der Waals surface area contributed by atoms with E-state index < -0.39 is 16.5 Å². The second-order valence-corrected chi connectivity index (χ2v) is 26.9. The normalized spacial score (nSPS) is 13.4. The third kappa shape index (κ3) is 4.68. The highest BCUT2D eigenvalue weighted by atomic mass is 32.1. The number of para-hydroxylation sites is 2. The predicted octanol–water partition coefficient (Wildman–Crippen LogP) is 13.0. The van der Waals surface area contributed by atoms with E-state index in [1.807, 2.05) is 11.3 Å². The zero-order chi connectivity index (χ0) is 31.4. The molecule has 0 fully saturated rings. The van der Waals surface area contributed by atoms with E-state index in [1.165, 1.54) is 44.1 Å². The van der Waals surface area contributed by atoms with E-state index in [4.69, 9.17) is 0 Å². The molecule has 5 rings (SSSR count). The number of hydrogen-bond donors (Lipinski definition) is 0. The summed E-state index contributed by atoms with van der Waals surface area (Å²) in [5.74, 6) is 0. The van der Waals surface area contributed by atoms with Crippen LogP contribution in [0.2, 0.25) is 33.2 Å². The van der Waals surface area contributed by atoms with Crippen LogP contribution in [0.5, 0.6) is 0 Å². The Kier molecular flexibility index (Phi) is 8.85. The maximum atomic E-state index is 2.80. The lowest BCUT2D eigenvalue weighted by atomic mass is 9.98. The molecule has 43 heavy (non-hydrogen) atoms. The highest BCUT2D eigenvalue weighted by molar-refractivity contribution is 7.08. The molecule has 230 valence electrons. The Morgan fingerprint density at radius 1 is 0.442 bits per heavy atom. The van der Waals surface area contributed by atoms with Crippen LogP contribution in [0.15, 0.2) is 71.7 Å². The van der Waals surface area contributed by atoms with Gasteiger partial charge in [0, 0.05) is 56.5 Å². The van der Waals surface area contributed by atoms with E-state index in [-0.39, 0.29) is 0 Å². The fraction of sp³-hybridized carbons (Fsp3) is 0.474. The third-order valence-electron chi connectivity index (χ3n) is 11.0. The Hall–Kier alpha value is -2.35. The molecule has 0 amide bonds. The maximum absolute atomic E-state index is 2.80. The minimum atomic E-state index is -1.94. The number of fused-ring (bicyclic) bond motifs is 2. The summed E-state index contributed by atoms with van der Waals surface area (Å²) < 4.78 is 5.60. The molecule has 0 N–H and O–H groups in total. The highest BCUT2D eigenvalue weighted by Crippen LogP contribution is 2.50. The molecular formula is C38H54N2SSi2. The Bertz CT molecular complexity index is 1540. The van der Waals surface area contributed by atoms with Crippen molar-refractivity contribution in [3.05, 3.63) is 71.7 Å². The number of nitrogens with zero attached hydrogens (tertiary/aromatic N) is 2. The van der Waals surface area contributed by atoms with Crippen LogP contribution in [0.4, 0.5) is 0 Å². The van der Waals surface area contributed by atoms with Crippen molar-refractivity contribution in [3.8, 4) is 22.3 Å². The van der Waals surface area contributed by atoms with Gasteiger partial charge >= 0.3 is 0 Å². The first kappa shape index (κ1) is 32.1. The van der Waals surface area contributed by atoms with Crippen molar-refractivity contribution in [1.82, 2.24) is 8.47 Å². The second-order valence-electron chi connectivity index (χ2n) is 14.8. The maximum Gasteiger partial charge on any atom is 0.169 e. The van der Waals surface area contributed by atoms with Crippen LogP contribution in [0.1, 0.15) is 83.1 Å². The first-order valence-electron chi connectivity index (χ1n) is 16.6. The zero-order valence-corrected chi connectivity index (χ0v) is 31.5. The lowest BCUT2D eigenvalue weighted by Crippen LogP contribution is -2.51. The van der Waals surface area contributed by atoms with Gasteiger partial charge in [-0.2, -0.15) is 11.3 Å². The molecule has 0 bridgehead atoms. The van der Waals surface area contributed by atoms with E-state index in [9.17, 15) is 0 Å². The van der Waals surface area contributed by atoms with Gasteiger partial charge in [0.05, 0.1) is 0 Å². The molecule has 0 atom stereocenters. The Balaban J connectivity index is 1.82. The summed E-state index contributed by atoms with van der Waals surface area (Å²) in [5.41, 5.74) is 12.2. The first-order valence-corrected chi connectivity index (χ1v) is 21.9. The van der Waals surface area contributed by atoms with Crippen LogP contribution in [0, 0.1) is 0 Å². The molecule has 5 aromatic rings. The van der Waals surface area contributed by atoms with Crippen molar-refractivity contribution in [2.75, 3.05) is 0 Å². The predicted molar refractivity (Wildman–Crippen MR) is 199 cm³/mol. The van der Waals surface area contributed by atoms with E-state index >= 15 is 0 Å². The van der Waals surface area contributed by atoms with Crippen LogP contribution in [-0.4, -0.2) is 24.9 Å². The average molecular weight is 627 g/mol. The molecule has 0 unspecified atom stereocenters. The summed E-state index contributed by atoms with van der Waals surface area (Å²) in [6, 6.07) is 18.4. The molecule has 5 heteroatoms. The fourth-order valence-electron chi connectivity index (χ4n) is 9.81. The summed E-state index contributed by atoms with van der Waals surface area (Å²) in [6.45, 7) is 29.7. The van der Waals surface area contributed by atoms with Gasteiger partial charge in [-0.15, -0.1) is 0 Å². The van der Waals surface area contributed by atoms with Crippen LogP contribution in [0.25, 0.3) is 44.1 Å². The van der Waals surface area contributed by atoms with Crippen molar-refractivity contribution in [1.29, 1.82) is 0 Å². The molecule has 0 saturated heterocycles. The van der Waals surface area contributed by atoms with Gasteiger partial charge in [-0.3, -0.25) is 0 Å². The molecule has 0 aliphatic rings. The van der Waals surface area contributed by atoms with Crippen molar-refractivity contribution < 1.29 is 0 Å². The Labute approximate surface area is 267 Å². The van der Waals surface area contributed by atoms with E-state index in [0.29, 0.717) is 33.2 Å². The average Bonchev–Trinajstić information content (AvgIpc) is 3.64. The van der Waals surface area contributed by atoms with Crippen LogP contribution in [-0.2, 0) is 0 Å². The number of hydrogen-bond acceptors (Lipinski definition) is 1. The molecule has 2 nitrogen and oxygen atoms in total. The van der Waals surface area contributed by atoms with Gasteiger partial charge in [0.25, 0.3) is 0 Å². The minimum absolute atomic E-state index is 0.636. The number of rotatable bonds is 10. The molecule has 0 radical (unpaired) electrons. The lowest BCUT2D eigenvalue weighted by Gasteiger charge is -2.44. The highest BCUT2D eigenvalue weighted by Gasteiger charge is 2.47. The van der Waals surface area contributed by atoms with Crippen molar-refractivity contribution >= 4 is 49.6 Å². The van der Waals surface area contributed by atoms with E-state index in [1.54, 1.807) is 0 Å². The monoisotopic (exact) mass is 626 g/mol. The SMILES string of the molecule is CC(C)[Si](C(C)C)(C(C)C)n1cc(-c2cscc2-c2cn([Si](C(C)C)(C(C)C)C(C)C)c3ccccc23)c2ccccc21. The van der Waals surface area contributed by atoms with Gasteiger partial charge < -0.3 is 8.47 Å². The zero-order valence-electron chi connectivity index (χ0n) is 28.7. The summed E-state index contributed by atoms with van der Waals surface area (Å²) in [5, 5.41) is 7.60. The summed E-state index contributed by atoms with van der Waals surface area (Å²) in [7, 11) is -3.87. The summed E-state index contributed by atoms with van der Waals surface area (Å²) in [4.78, 5) is 0. The minimum Gasteiger partial charge on any atom is -0.373 e. The number of benzene rings is 2. The van der Waals surface area contributed by atoms with Gasteiger partial charge in [0.15, 0.2) is 16.5 Å². The summed E-state index contributed by atoms with van der Waals surface area (Å²) >= 11 is 1.85. The van der Waals surface area contributed by atoms with Gasteiger partial charge in [0.1, 0.15) is 0 Å². The second kappa shape index (κ2) is 11.9. The molecule has 3 aromatic heterocycles. The van der Waals surface area contributed by atoms with Gasteiger partial charge in [-0.05, 0) is 56.1 Å². The van der Waals surface area contributed by atoms with Crippen molar-refractivity contribution in [2.24, 2.45) is 0 Å². The van der Waals surface area contributed by atoms with Crippen molar-refractivity contribution in [3.63, 3.8) is 0 Å². The standard InChI is InChI=1S/C38H54N2SSi2/c1-25(2)42(26(3)4,27(5)6)39-21-33(31-17-13-15-19-37(31)39)35-23-41-24-36(35)34-22-40(38-20-16-14-18-32(34)38)43(28(7)8,29(9)10)30(11)12/h13-30H,1-12H3. The van der Waals surface area contributed by atoms with Crippen LogP contribution < -0.4 is 0 Å². The van der Waals surface area contributed by atoms with Gasteiger partial charge in [-0.25, -0.2) is 0 Å². The fourth-order valence-corrected chi connectivity index (χ4v) is 23.9.